The zero-order valence-electron chi connectivity index (χ0n) is 16.7. The van der Waals surface area contributed by atoms with Gasteiger partial charge in [-0.15, -0.1) is 0 Å². The van der Waals surface area contributed by atoms with Gasteiger partial charge in [-0.3, -0.25) is 5.43 Å². The zero-order chi connectivity index (χ0) is 21.8. The van der Waals surface area contributed by atoms with E-state index in [1.54, 1.807) is 47.4 Å². The van der Waals surface area contributed by atoms with E-state index in [0.717, 1.165) is 16.7 Å². The van der Waals surface area contributed by atoms with E-state index in [-0.39, 0.29) is 11.3 Å². The second-order valence-corrected chi connectivity index (χ2v) is 6.95. The molecule has 7 heteroatoms. The van der Waals surface area contributed by atoms with Crippen molar-refractivity contribution in [2.75, 3.05) is 5.43 Å². The molecule has 0 aliphatic carbocycles. The van der Waals surface area contributed by atoms with Crippen LogP contribution in [-0.2, 0) is 0 Å². The monoisotopic (exact) mass is 414 g/mol. The SMILES string of the molecule is Cc1cccc(-c2nn(-c3ccc(C(=O)O)cc3)cc2/C=N/Nc2ccccc2F)c1. The second-order valence-electron chi connectivity index (χ2n) is 6.95. The van der Waals surface area contributed by atoms with Crippen molar-refractivity contribution < 1.29 is 14.3 Å². The number of carbonyl (C=O) groups is 1. The molecule has 0 atom stereocenters. The summed E-state index contributed by atoms with van der Waals surface area (Å²) >= 11 is 0. The summed E-state index contributed by atoms with van der Waals surface area (Å²) in [5.41, 5.74) is 7.31. The van der Waals surface area contributed by atoms with Gasteiger partial charge in [-0.1, -0.05) is 35.9 Å². The minimum absolute atomic E-state index is 0.200. The Morgan fingerprint density at radius 3 is 2.58 bits per heavy atom. The first kappa shape index (κ1) is 20.0. The number of hydrazone groups is 1. The molecule has 0 spiro atoms. The van der Waals surface area contributed by atoms with Crippen LogP contribution in [0.5, 0.6) is 0 Å². The predicted molar refractivity (Wildman–Crippen MR) is 118 cm³/mol. The minimum atomic E-state index is -0.987. The maximum absolute atomic E-state index is 13.8. The van der Waals surface area contributed by atoms with Crippen LogP contribution in [-0.4, -0.2) is 27.1 Å². The normalized spacial score (nSPS) is 11.0. The number of hydrogen-bond acceptors (Lipinski definition) is 4. The number of nitrogens with zero attached hydrogens (tertiary/aromatic N) is 3. The number of carboxylic acid groups (broad SMARTS) is 1. The highest BCUT2D eigenvalue weighted by Gasteiger charge is 2.12. The molecular formula is C24H19FN4O2. The third-order valence-electron chi connectivity index (χ3n) is 4.68. The first-order valence-corrected chi connectivity index (χ1v) is 9.55. The summed E-state index contributed by atoms with van der Waals surface area (Å²) in [4.78, 5) is 11.1. The Morgan fingerprint density at radius 2 is 1.87 bits per heavy atom. The molecule has 1 heterocycles. The van der Waals surface area contributed by atoms with Crippen molar-refractivity contribution in [2.24, 2.45) is 5.10 Å². The third kappa shape index (κ3) is 4.51. The van der Waals surface area contributed by atoms with Crippen molar-refractivity contribution in [2.45, 2.75) is 6.92 Å². The average Bonchev–Trinajstić information content (AvgIpc) is 3.19. The molecular weight excluding hydrogens is 395 g/mol. The van der Waals surface area contributed by atoms with Crippen molar-refractivity contribution in [1.29, 1.82) is 0 Å². The number of aromatic carboxylic acids is 1. The van der Waals surface area contributed by atoms with Gasteiger partial charge in [-0.25, -0.2) is 13.9 Å². The van der Waals surface area contributed by atoms with Crippen molar-refractivity contribution >= 4 is 17.9 Å². The summed E-state index contributed by atoms with van der Waals surface area (Å²) in [7, 11) is 0. The van der Waals surface area contributed by atoms with E-state index >= 15 is 0 Å². The Bertz CT molecular complexity index is 1260. The van der Waals surface area contributed by atoms with Gasteiger partial charge in [0.25, 0.3) is 0 Å². The van der Waals surface area contributed by atoms with E-state index in [9.17, 15) is 9.18 Å². The van der Waals surface area contributed by atoms with Gasteiger partial charge in [0, 0.05) is 17.3 Å². The summed E-state index contributed by atoms with van der Waals surface area (Å²) < 4.78 is 15.5. The molecule has 4 rings (SSSR count). The Morgan fingerprint density at radius 1 is 1.10 bits per heavy atom. The lowest BCUT2D eigenvalue weighted by atomic mass is 10.1. The van der Waals surface area contributed by atoms with Crippen molar-refractivity contribution in [1.82, 2.24) is 9.78 Å². The van der Waals surface area contributed by atoms with Crippen molar-refractivity contribution in [3.63, 3.8) is 0 Å². The van der Waals surface area contributed by atoms with Gasteiger partial charge >= 0.3 is 5.97 Å². The smallest absolute Gasteiger partial charge is 0.335 e. The predicted octanol–water partition coefficient (Wildman–Crippen LogP) is 5.13. The van der Waals surface area contributed by atoms with Crippen LogP contribution in [0.25, 0.3) is 16.9 Å². The largest absolute Gasteiger partial charge is 0.478 e. The van der Waals surface area contributed by atoms with Gasteiger partial charge < -0.3 is 5.11 Å². The van der Waals surface area contributed by atoms with E-state index in [1.165, 1.54) is 18.2 Å². The van der Waals surface area contributed by atoms with E-state index in [0.29, 0.717) is 11.4 Å². The molecule has 0 amide bonds. The van der Waals surface area contributed by atoms with E-state index < -0.39 is 11.8 Å². The quantitative estimate of drug-likeness (QED) is 0.339. The highest BCUT2D eigenvalue weighted by molar-refractivity contribution is 5.89. The highest BCUT2D eigenvalue weighted by Crippen LogP contribution is 2.24. The summed E-state index contributed by atoms with van der Waals surface area (Å²) in [6, 6.07) is 20.6. The number of carboxylic acids is 1. The second kappa shape index (κ2) is 8.62. The van der Waals surface area contributed by atoms with Crippen LogP contribution in [0.15, 0.2) is 84.1 Å². The summed E-state index contributed by atoms with van der Waals surface area (Å²) in [6.45, 7) is 2.00. The van der Waals surface area contributed by atoms with Crippen LogP contribution in [0.3, 0.4) is 0 Å². The minimum Gasteiger partial charge on any atom is -0.478 e. The van der Waals surface area contributed by atoms with Gasteiger partial charge in [0.2, 0.25) is 0 Å². The molecule has 0 bridgehead atoms. The van der Waals surface area contributed by atoms with Crippen LogP contribution in [0.1, 0.15) is 21.5 Å². The Labute approximate surface area is 178 Å². The van der Waals surface area contributed by atoms with E-state index in [4.69, 9.17) is 5.11 Å². The van der Waals surface area contributed by atoms with Gasteiger partial charge in [0.1, 0.15) is 11.5 Å². The fourth-order valence-electron chi connectivity index (χ4n) is 3.11. The maximum atomic E-state index is 13.8. The molecule has 0 fully saturated rings. The summed E-state index contributed by atoms with van der Waals surface area (Å²) in [6.07, 6.45) is 3.37. The molecule has 0 unspecified atom stereocenters. The standard InChI is InChI=1S/C24H19FN4O2/c1-16-5-4-6-18(13-16)23-19(14-26-27-22-8-3-2-7-21(22)25)15-29(28-23)20-11-9-17(10-12-20)24(30)31/h2-15,27H,1H3,(H,30,31)/b26-14+. The molecule has 0 aliphatic heterocycles. The maximum Gasteiger partial charge on any atom is 0.335 e. The first-order valence-electron chi connectivity index (χ1n) is 9.55. The van der Waals surface area contributed by atoms with Crippen LogP contribution in [0.4, 0.5) is 10.1 Å². The lowest BCUT2D eigenvalue weighted by Crippen LogP contribution is -1.99. The molecule has 2 N–H and O–H groups in total. The highest BCUT2D eigenvalue weighted by atomic mass is 19.1. The molecule has 4 aromatic rings. The molecule has 0 radical (unpaired) electrons. The molecule has 0 saturated heterocycles. The Hall–Kier alpha value is -4.26. The lowest BCUT2D eigenvalue weighted by Gasteiger charge is -2.03. The molecule has 0 saturated carbocycles. The topological polar surface area (TPSA) is 79.5 Å². The average molecular weight is 414 g/mol. The van der Waals surface area contributed by atoms with E-state index in [2.05, 4.69) is 15.6 Å². The van der Waals surface area contributed by atoms with Crippen molar-refractivity contribution in [3.05, 3.63) is 102 Å². The molecule has 3 aromatic carbocycles. The van der Waals surface area contributed by atoms with Gasteiger partial charge in [-0.05, 0) is 49.4 Å². The van der Waals surface area contributed by atoms with Crippen LogP contribution in [0, 0.1) is 12.7 Å². The lowest BCUT2D eigenvalue weighted by molar-refractivity contribution is 0.0697. The van der Waals surface area contributed by atoms with Gasteiger partial charge in [-0.2, -0.15) is 10.2 Å². The zero-order valence-corrected chi connectivity index (χ0v) is 16.7. The molecule has 6 nitrogen and oxygen atoms in total. The van der Waals surface area contributed by atoms with E-state index in [1.807, 2.05) is 31.2 Å². The summed E-state index contributed by atoms with van der Waals surface area (Å²) in [5, 5.41) is 18.0. The number of rotatable bonds is 6. The van der Waals surface area contributed by atoms with Crippen LogP contribution in [0.2, 0.25) is 0 Å². The molecule has 1 aromatic heterocycles. The fourth-order valence-corrected chi connectivity index (χ4v) is 3.11. The van der Waals surface area contributed by atoms with Gasteiger partial charge in [0.15, 0.2) is 0 Å². The number of para-hydroxylation sites is 1. The van der Waals surface area contributed by atoms with Crippen molar-refractivity contribution in [3.8, 4) is 16.9 Å². The fraction of sp³-hybridized carbons (Fsp3) is 0.0417. The number of aryl methyl sites for hydroxylation is 1. The number of anilines is 1. The molecule has 154 valence electrons. The Kier molecular flexibility index (Phi) is 5.57. The number of nitrogens with one attached hydrogen (secondary N) is 1. The van der Waals surface area contributed by atoms with Crippen LogP contribution >= 0.6 is 0 Å². The Balaban J connectivity index is 1.71. The summed E-state index contributed by atoms with van der Waals surface area (Å²) in [5.74, 6) is -1.38. The number of benzene rings is 3. The number of halogens is 1. The van der Waals surface area contributed by atoms with Gasteiger partial charge in [0.05, 0.1) is 23.2 Å². The number of hydrogen-bond donors (Lipinski definition) is 2. The molecule has 0 aliphatic rings. The number of aromatic nitrogens is 2. The van der Waals surface area contributed by atoms with Crippen LogP contribution < -0.4 is 5.43 Å². The first-order chi connectivity index (χ1) is 15.0. The third-order valence-corrected chi connectivity index (χ3v) is 4.68. The molecule has 31 heavy (non-hydrogen) atoms.